The molecule has 0 unspecified atom stereocenters. The molecule has 0 atom stereocenters. The largest absolute Gasteiger partial charge is 0.460 e. The first-order valence-electron chi connectivity index (χ1n) is 7.49. The van der Waals surface area contributed by atoms with Crippen LogP contribution in [0.5, 0.6) is 0 Å². The normalized spacial score (nSPS) is 10.8. The zero-order chi connectivity index (χ0) is 17.1. The molecule has 0 spiro atoms. The van der Waals surface area contributed by atoms with E-state index >= 15 is 0 Å². The van der Waals surface area contributed by atoms with Crippen LogP contribution in [0.15, 0.2) is 58.2 Å². The third kappa shape index (κ3) is 2.80. The predicted molar refractivity (Wildman–Crippen MR) is 95.1 cm³/mol. The van der Waals surface area contributed by atoms with Crippen molar-refractivity contribution in [3.8, 4) is 5.69 Å². The molecule has 5 nitrogen and oxygen atoms in total. The topological polar surface area (TPSA) is 61.2 Å². The number of carbonyl (C=O) groups is 1. The van der Waals surface area contributed by atoms with Crippen molar-refractivity contribution >= 4 is 28.6 Å². The van der Waals surface area contributed by atoms with Crippen LogP contribution in [-0.2, 0) is 4.74 Å². The lowest BCUT2D eigenvalue weighted by Gasteiger charge is -2.15. The summed E-state index contributed by atoms with van der Waals surface area (Å²) in [7, 11) is 0. The van der Waals surface area contributed by atoms with Gasteiger partial charge in [-0.1, -0.05) is 24.3 Å². The van der Waals surface area contributed by atoms with Crippen LogP contribution in [0.25, 0.3) is 16.6 Å². The van der Waals surface area contributed by atoms with E-state index in [1.165, 1.54) is 16.3 Å². The number of hydrogen-bond donors (Lipinski definition) is 0. The summed E-state index contributed by atoms with van der Waals surface area (Å²) in [6.45, 7) is 1.93. The molecule has 0 saturated heterocycles. The second-order valence-electron chi connectivity index (χ2n) is 4.99. The maximum absolute atomic E-state index is 13.0. The van der Waals surface area contributed by atoms with Crippen molar-refractivity contribution < 1.29 is 9.53 Å². The van der Waals surface area contributed by atoms with Crippen LogP contribution >= 0.6 is 11.8 Å². The van der Waals surface area contributed by atoms with Gasteiger partial charge in [0.05, 0.1) is 23.2 Å². The molecule has 0 N–H and O–H groups in total. The molecular weight excluding hydrogens is 324 g/mol. The molecule has 122 valence electrons. The number of thioether (sulfide) groups is 1. The molecule has 24 heavy (non-hydrogen) atoms. The van der Waals surface area contributed by atoms with Gasteiger partial charge in [-0.3, -0.25) is 9.36 Å². The first kappa shape index (κ1) is 16.3. The smallest absolute Gasteiger partial charge is 0.375 e. The number of esters is 1. The van der Waals surface area contributed by atoms with Crippen LogP contribution in [0.3, 0.4) is 0 Å². The molecule has 3 aromatic rings. The Balaban J connectivity index is 2.40. The van der Waals surface area contributed by atoms with Crippen molar-refractivity contribution in [3.05, 3.63) is 64.7 Å². The maximum Gasteiger partial charge on any atom is 0.375 e. The van der Waals surface area contributed by atoms with Crippen LogP contribution in [0.4, 0.5) is 0 Å². The molecule has 2 aromatic carbocycles. The van der Waals surface area contributed by atoms with E-state index in [1.54, 1.807) is 37.3 Å². The molecule has 0 aliphatic heterocycles. The Bertz CT molecular complexity index is 966. The molecule has 1 aromatic heterocycles. The SMILES string of the molecule is CCOC(=O)c1nc2ccccc2c(=O)n1-c1ccccc1SC. The Labute approximate surface area is 143 Å². The molecule has 0 fully saturated rings. The van der Waals surface area contributed by atoms with Crippen molar-refractivity contribution in [3.63, 3.8) is 0 Å². The fraction of sp³-hybridized carbons (Fsp3) is 0.167. The highest BCUT2D eigenvalue weighted by atomic mass is 32.2. The number of ether oxygens (including phenoxy) is 1. The maximum atomic E-state index is 13.0. The zero-order valence-corrected chi connectivity index (χ0v) is 14.2. The minimum Gasteiger partial charge on any atom is -0.460 e. The number of carbonyl (C=O) groups excluding carboxylic acids is 1. The van der Waals surface area contributed by atoms with Gasteiger partial charge in [0.15, 0.2) is 0 Å². The van der Waals surface area contributed by atoms with E-state index in [4.69, 9.17) is 4.74 Å². The molecule has 0 bridgehead atoms. The molecule has 0 amide bonds. The molecule has 0 aliphatic rings. The van der Waals surface area contributed by atoms with Gasteiger partial charge in [-0.25, -0.2) is 9.78 Å². The van der Waals surface area contributed by atoms with Gasteiger partial charge < -0.3 is 4.74 Å². The van der Waals surface area contributed by atoms with Gasteiger partial charge in [-0.05, 0) is 37.4 Å². The van der Waals surface area contributed by atoms with Crippen LogP contribution in [0, 0.1) is 0 Å². The highest BCUT2D eigenvalue weighted by Gasteiger charge is 2.21. The summed E-state index contributed by atoms with van der Waals surface area (Å²) in [6.07, 6.45) is 1.92. The summed E-state index contributed by atoms with van der Waals surface area (Å²) < 4.78 is 6.44. The molecule has 6 heteroatoms. The van der Waals surface area contributed by atoms with E-state index in [2.05, 4.69) is 4.98 Å². The van der Waals surface area contributed by atoms with Gasteiger partial charge in [-0.15, -0.1) is 11.8 Å². The quantitative estimate of drug-likeness (QED) is 0.539. The Morgan fingerprint density at radius 3 is 2.62 bits per heavy atom. The number of nitrogens with zero attached hydrogens (tertiary/aromatic N) is 2. The lowest BCUT2D eigenvalue weighted by molar-refractivity contribution is 0.0508. The molecule has 0 aliphatic carbocycles. The summed E-state index contributed by atoms with van der Waals surface area (Å²) in [4.78, 5) is 30.7. The Morgan fingerprint density at radius 2 is 1.88 bits per heavy atom. The minimum absolute atomic E-state index is 0.0120. The number of aromatic nitrogens is 2. The highest BCUT2D eigenvalue weighted by Crippen LogP contribution is 2.24. The monoisotopic (exact) mass is 340 g/mol. The Kier molecular flexibility index (Phi) is 4.66. The average molecular weight is 340 g/mol. The first-order chi connectivity index (χ1) is 11.7. The zero-order valence-electron chi connectivity index (χ0n) is 13.4. The van der Waals surface area contributed by atoms with Gasteiger partial charge in [-0.2, -0.15) is 0 Å². The van der Waals surface area contributed by atoms with E-state index in [-0.39, 0.29) is 18.0 Å². The number of benzene rings is 2. The van der Waals surface area contributed by atoms with E-state index in [1.807, 2.05) is 24.5 Å². The minimum atomic E-state index is -0.615. The lowest BCUT2D eigenvalue weighted by atomic mass is 10.2. The van der Waals surface area contributed by atoms with E-state index in [9.17, 15) is 9.59 Å². The van der Waals surface area contributed by atoms with Crippen molar-refractivity contribution in [1.29, 1.82) is 0 Å². The van der Waals surface area contributed by atoms with Gasteiger partial charge in [0.1, 0.15) is 0 Å². The van der Waals surface area contributed by atoms with Gasteiger partial charge in [0.2, 0.25) is 5.82 Å². The number of rotatable bonds is 4. The summed E-state index contributed by atoms with van der Waals surface area (Å²) in [5, 5.41) is 0.460. The van der Waals surface area contributed by atoms with Crippen LogP contribution in [0.1, 0.15) is 17.5 Å². The summed E-state index contributed by atoms with van der Waals surface area (Å²) in [6, 6.07) is 14.4. The Morgan fingerprint density at radius 1 is 1.17 bits per heavy atom. The summed E-state index contributed by atoms with van der Waals surface area (Å²) >= 11 is 1.50. The van der Waals surface area contributed by atoms with E-state index in [0.717, 1.165) is 4.90 Å². The van der Waals surface area contributed by atoms with Crippen LogP contribution < -0.4 is 5.56 Å². The second-order valence-corrected chi connectivity index (χ2v) is 5.83. The summed E-state index contributed by atoms with van der Waals surface area (Å²) in [5.41, 5.74) is 0.810. The van der Waals surface area contributed by atoms with Gasteiger partial charge in [0.25, 0.3) is 5.56 Å². The van der Waals surface area contributed by atoms with E-state index in [0.29, 0.717) is 16.6 Å². The molecular formula is C18H16N2O3S. The molecule has 1 heterocycles. The fourth-order valence-electron chi connectivity index (χ4n) is 2.50. The van der Waals surface area contributed by atoms with Gasteiger partial charge in [0, 0.05) is 4.90 Å². The average Bonchev–Trinajstić information content (AvgIpc) is 2.62. The number of fused-ring (bicyclic) bond motifs is 1. The van der Waals surface area contributed by atoms with Crippen molar-refractivity contribution in [2.24, 2.45) is 0 Å². The fourth-order valence-corrected chi connectivity index (χ4v) is 3.09. The first-order valence-corrected chi connectivity index (χ1v) is 8.72. The van der Waals surface area contributed by atoms with Gasteiger partial charge >= 0.3 is 5.97 Å². The lowest BCUT2D eigenvalue weighted by Crippen LogP contribution is -2.28. The second kappa shape index (κ2) is 6.88. The molecule has 0 radical (unpaired) electrons. The number of para-hydroxylation sites is 2. The third-order valence-electron chi connectivity index (χ3n) is 3.56. The van der Waals surface area contributed by atoms with Crippen molar-refractivity contribution in [2.75, 3.05) is 12.9 Å². The van der Waals surface area contributed by atoms with E-state index < -0.39 is 5.97 Å². The van der Waals surface area contributed by atoms with Crippen molar-refractivity contribution in [1.82, 2.24) is 9.55 Å². The predicted octanol–water partition coefficient (Wildman–Crippen LogP) is 3.28. The number of hydrogen-bond acceptors (Lipinski definition) is 5. The summed E-state index contributed by atoms with van der Waals surface area (Å²) in [5.74, 6) is -0.627. The standard InChI is InChI=1S/C18H16N2O3S/c1-3-23-18(22)16-19-13-9-5-4-8-12(13)17(21)20(16)14-10-6-7-11-15(14)24-2/h4-11H,3H2,1-2H3. The highest BCUT2D eigenvalue weighted by molar-refractivity contribution is 7.98. The van der Waals surface area contributed by atoms with Crippen LogP contribution in [0.2, 0.25) is 0 Å². The Hall–Kier alpha value is -2.60. The molecule has 3 rings (SSSR count). The van der Waals surface area contributed by atoms with Crippen molar-refractivity contribution in [2.45, 2.75) is 11.8 Å². The third-order valence-corrected chi connectivity index (χ3v) is 4.34. The van der Waals surface area contributed by atoms with Crippen LogP contribution in [-0.4, -0.2) is 28.4 Å². The molecule has 0 saturated carbocycles.